The minimum atomic E-state index is -0.255. The maximum atomic E-state index is 13.6. The molecule has 0 aliphatic heterocycles. The predicted molar refractivity (Wildman–Crippen MR) is 214 cm³/mol. The molecule has 0 fully saturated rings. The largest absolute Gasteiger partial charge is 0.331 e. The average Bonchev–Trinajstić information content (AvgIpc) is 3.44. The Hall–Kier alpha value is -3.53. The van der Waals surface area contributed by atoms with Crippen LogP contribution >= 0.6 is 35.0 Å². The number of unbranched alkanes of at least 4 members (excludes halogenated alkanes) is 1. The van der Waals surface area contributed by atoms with Crippen molar-refractivity contribution in [1.29, 1.82) is 0 Å². The lowest BCUT2D eigenvalue weighted by molar-refractivity contribution is -0.0980. The third-order valence-corrected chi connectivity index (χ3v) is 10.4. The highest BCUT2D eigenvalue weighted by Crippen LogP contribution is 2.42. The summed E-state index contributed by atoms with van der Waals surface area (Å²) in [6, 6.07) is 23.2. The molecule has 0 bridgehead atoms. The van der Waals surface area contributed by atoms with Crippen molar-refractivity contribution >= 4 is 68.5 Å². The molecule has 0 atom stereocenters. The number of fused-ring (bicyclic) bond motifs is 2. The van der Waals surface area contributed by atoms with Gasteiger partial charge in [-0.25, -0.2) is 4.79 Å². The summed E-state index contributed by atoms with van der Waals surface area (Å²) in [5, 5.41) is 3.04. The Morgan fingerprint density at radius 1 is 0.979 bits per heavy atom. The number of anilines is 1. The third kappa shape index (κ3) is 10.5. The van der Waals surface area contributed by atoms with E-state index in [1.165, 1.54) is 33.7 Å². The maximum Gasteiger partial charge on any atom is 0.331 e. The van der Waals surface area contributed by atoms with Gasteiger partial charge in [0, 0.05) is 53.7 Å². The first kappa shape index (κ1) is 40.6. The second-order valence-electron chi connectivity index (χ2n) is 11.6. The highest BCUT2D eigenvalue weighted by atomic mass is 32.2. The molecule has 5 rings (SSSR count). The zero-order valence-electron chi connectivity index (χ0n) is 29.7. The van der Waals surface area contributed by atoms with Crippen molar-refractivity contribution in [3.05, 3.63) is 111 Å². The van der Waals surface area contributed by atoms with Crippen LogP contribution in [0.25, 0.3) is 21.0 Å². The topological polar surface area (TPSA) is 64.3 Å². The zero-order valence-corrected chi connectivity index (χ0v) is 32.2. The van der Waals surface area contributed by atoms with E-state index < -0.39 is 0 Å². The molecule has 3 aromatic carbocycles. The van der Waals surface area contributed by atoms with Crippen LogP contribution in [0.15, 0.2) is 98.8 Å². The summed E-state index contributed by atoms with van der Waals surface area (Å²) < 4.78 is 5.17. The van der Waals surface area contributed by atoms with Crippen molar-refractivity contribution in [3.63, 3.8) is 0 Å². The molecule has 0 unspecified atom stereocenters. The number of carbonyl (C=O) groups is 1. The smallest absolute Gasteiger partial charge is 0.319 e. The van der Waals surface area contributed by atoms with E-state index in [0.29, 0.717) is 18.4 Å². The van der Waals surface area contributed by atoms with Gasteiger partial charge in [-0.1, -0.05) is 126 Å². The van der Waals surface area contributed by atoms with Crippen LogP contribution in [0, 0.1) is 5.92 Å². The van der Waals surface area contributed by atoms with Gasteiger partial charge in [0.05, 0.1) is 5.39 Å². The molecular weight excluding hydrogens is 655 g/mol. The fourth-order valence-corrected chi connectivity index (χ4v) is 7.78. The van der Waals surface area contributed by atoms with Gasteiger partial charge in [0.1, 0.15) is 11.6 Å². The lowest BCUT2D eigenvalue weighted by Crippen LogP contribution is -2.38. The van der Waals surface area contributed by atoms with Crippen molar-refractivity contribution in [2.75, 3.05) is 17.6 Å². The van der Waals surface area contributed by atoms with Crippen LogP contribution in [0.1, 0.15) is 64.3 Å². The molecule has 0 spiro atoms. The first-order valence-electron chi connectivity index (χ1n) is 16.3. The lowest BCUT2D eigenvalue weighted by atomic mass is 10.0. The fourth-order valence-electron chi connectivity index (χ4n) is 4.89. The van der Waals surface area contributed by atoms with Crippen LogP contribution in [0.4, 0.5) is 5.69 Å². The molecule has 0 amide bonds. The summed E-state index contributed by atoms with van der Waals surface area (Å²) in [7, 11) is 3.63. The number of nitrogens with zero attached hydrogens (tertiary/aromatic N) is 3. The van der Waals surface area contributed by atoms with E-state index in [1.807, 2.05) is 26.2 Å². The average molecular weight is 706 g/mol. The highest BCUT2D eigenvalue weighted by molar-refractivity contribution is 8.00. The van der Waals surface area contributed by atoms with E-state index in [1.54, 1.807) is 46.7 Å². The zero-order chi connectivity index (χ0) is 35.8. The second kappa shape index (κ2) is 20.8. The number of hydrogen-bond acceptors (Lipinski definition) is 7. The molecular formula is C39H51N3O3S3. The molecule has 0 N–H and O–H groups in total. The number of thiophene rings is 1. The summed E-state index contributed by atoms with van der Waals surface area (Å²) in [6.45, 7) is 16.7. The predicted octanol–water partition coefficient (Wildman–Crippen LogP) is 10.2. The van der Waals surface area contributed by atoms with Crippen molar-refractivity contribution in [2.45, 2.75) is 76.6 Å². The summed E-state index contributed by atoms with van der Waals surface area (Å²) in [6.07, 6.45) is 8.29. The Kier molecular flexibility index (Phi) is 17.6. The molecule has 48 heavy (non-hydrogen) atoms. The summed E-state index contributed by atoms with van der Waals surface area (Å²) >= 11 is 4.85. The molecule has 9 heteroatoms. The minimum Gasteiger partial charge on any atom is -0.319 e. The number of benzene rings is 3. The van der Waals surface area contributed by atoms with Gasteiger partial charge in [0.25, 0.3) is 5.56 Å². The van der Waals surface area contributed by atoms with Crippen LogP contribution < -0.4 is 15.6 Å². The van der Waals surface area contributed by atoms with Gasteiger partial charge in [0.15, 0.2) is 0 Å². The molecule has 258 valence electrons. The molecule has 2 aromatic heterocycles. The van der Waals surface area contributed by atoms with Crippen LogP contribution in [0.3, 0.4) is 0 Å². The van der Waals surface area contributed by atoms with Gasteiger partial charge in [0.2, 0.25) is 0 Å². The van der Waals surface area contributed by atoms with Crippen molar-refractivity contribution in [1.82, 2.24) is 9.13 Å². The SMILES string of the molecule is C=CCCC.C=O.CCC.CSN(C)c1cccc(Sc2c(Cc3cccc4ccccc34)sc3c2c(=O)n(C)c(=O)n3CC(C)C)c1. The minimum absolute atomic E-state index is 0.231. The van der Waals surface area contributed by atoms with E-state index in [0.717, 1.165) is 31.6 Å². The number of rotatable bonds is 10. The van der Waals surface area contributed by atoms with E-state index >= 15 is 0 Å². The Morgan fingerprint density at radius 3 is 2.23 bits per heavy atom. The van der Waals surface area contributed by atoms with Crippen molar-refractivity contribution in [3.8, 4) is 0 Å². The van der Waals surface area contributed by atoms with Crippen LogP contribution in [0.5, 0.6) is 0 Å². The van der Waals surface area contributed by atoms with Gasteiger partial charge in [-0.15, -0.1) is 17.9 Å². The molecule has 2 heterocycles. The van der Waals surface area contributed by atoms with Crippen LogP contribution in [-0.4, -0.2) is 29.2 Å². The first-order chi connectivity index (χ1) is 23.1. The number of hydrogen-bond donors (Lipinski definition) is 0. The standard InChI is InChI=1S/C30H31N3O2S3.C5H10.C3H8.CH2O/c1-19(2)18-33-29-26(28(34)31(3)30(33)35)27(37-23-14-9-13-22(17-23)32(4)36-5)25(38-29)16-21-12-8-11-20-10-6-7-15-24(20)21;1-3-5-4-2;1-3-2;1-2/h6-15,17,19H,16,18H2,1-5H3;3H,1,4-5H2,2H3;3H2,1-2H3;1H2. The van der Waals surface area contributed by atoms with Crippen LogP contribution in [0.2, 0.25) is 0 Å². The van der Waals surface area contributed by atoms with Crippen molar-refractivity contribution in [2.24, 2.45) is 13.0 Å². The van der Waals surface area contributed by atoms with Crippen LogP contribution in [-0.2, 0) is 24.8 Å². The normalized spacial score (nSPS) is 10.4. The summed E-state index contributed by atoms with van der Waals surface area (Å²) in [4.78, 5) is 38.7. The maximum absolute atomic E-state index is 13.6. The fraction of sp³-hybridized carbons (Fsp3) is 0.359. The van der Waals surface area contributed by atoms with Crippen molar-refractivity contribution < 1.29 is 4.79 Å². The van der Waals surface area contributed by atoms with E-state index in [-0.39, 0.29) is 17.2 Å². The molecule has 0 radical (unpaired) electrons. The van der Waals surface area contributed by atoms with Gasteiger partial charge >= 0.3 is 5.69 Å². The van der Waals surface area contributed by atoms with Gasteiger partial charge < -0.3 is 9.10 Å². The number of carbonyl (C=O) groups excluding carboxylic acids is 1. The molecule has 0 saturated heterocycles. The molecule has 5 aromatic rings. The Labute approximate surface area is 299 Å². The summed E-state index contributed by atoms with van der Waals surface area (Å²) in [5.41, 5.74) is 1.82. The molecule has 6 nitrogen and oxygen atoms in total. The highest BCUT2D eigenvalue weighted by Gasteiger charge is 2.23. The van der Waals surface area contributed by atoms with Gasteiger partial charge in [-0.2, -0.15) is 0 Å². The third-order valence-electron chi connectivity index (χ3n) is 7.14. The monoisotopic (exact) mass is 705 g/mol. The van der Waals surface area contributed by atoms with E-state index in [4.69, 9.17) is 4.79 Å². The van der Waals surface area contributed by atoms with Gasteiger partial charge in [-0.05, 0) is 46.9 Å². The quantitative estimate of drug-likeness (QED) is 0.106. The Morgan fingerprint density at radius 2 is 1.62 bits per heavy atom. The van der Waals surface area contributed by atoms with E-state index in [2.05, 4.69) is 112 Å². The first-order valence-corrected chi connectivity index (χ1v) is 19.1. The molecule has 0 aliphatic carbocycles. The second-order valence-corrected chi connectivity index (χ2v) is 14.6. The molecule has 0 aliphatic rings. The molecule has 0 saturated carbocycles. The lowest BCUT2D eigenvalue weighted by Gasteiger charge is -2.16. The Balaban J connectivity index is 0.000000712. The summed E-state index contributed by atoms with van der Waals surface area (Å²) in [5.74, 6) is 0.270. The number of aromatic nitrogens is 2. The number of allylic oxidation sites excluding steroid dienone is 1. The van der Waals surface area contributed by atoms with Gasteiger partial charge in [-0.3, -0.25) is 13.9 Å². The Bertz CT molecular complexity index is 1870. The van der Waals surface area contributed by atoms with E-state index in [9.17, 15) is 9.59 Å².